The molecule has 0 bridgehead atoms. The highest BCUT2D eigenvalue weighted by Gasteiger charge is 2.22. The molecule has 1 aliphatic heterocycles. The third-order valence-electron chi connectivity index (χ3n) is 2.26. The van der Waals surface area contributed by atoms with Gasteiger partial charge in [0.15, 0.2) is 0 Å². The van der Waals surface area contributed by atoms with E-state index in [0.717, 1.165) is 30.3 Å². The molecule has 0 amide bonds. The summed E-state index contributed by atoms with van der Waals surface area (Å²) in [6.07, 6.45) is 3.91. The van der Waals surface area contributed by atoms with Gasteiger partial charge in [0.25, 0.3) is 6.71 Å². The fourth-order valence-corrected chi connectivity index (χ4v) is 1.51. The predicted molar refractivity (Wildman–Crippen MR) is 50.5 cm³/mol. The second-order valence-electron chi connectivity index (χ2n) is 2.97. The number of hydrogen-bond donors (Lipinski definition) is 2. The number of hydrogen-bond acceptors (Lipinski definition) is 3. The van der Waals surface area contributed by atoms with Crippen molar-refractivity contribution in [2.24, 2.45) is 0 Å². The zero-order chi connectivity index (χ0) is 8.97. The molecule has 12 heavy (non-hydrogen) atoms. The molecule has 1 aliphatic rings. The van der Waals surface area contributed by atoms with Crippen molar-refractivity contribution < 1.29 is 0 Å². The maximum absolute atomic E-state index is 8.70. The first kappa shape index (κ1) is 8.86. The maximum atomic E-state index is 8.70. The quantitative estimate of drug-likeness (QED) is 0.470. The number of nitrogens with zero attached hydrogens (tertiary/aromatic N) is 1. The average molecular weight is 161 g/mol. The Bertz CT molecular complexity index is 252. The van der Waals surface area contributed by atoms with Crippen LogP contribution in [0.25, 0.3) is 0 Å². The van der Waals surface area contributed by atoms with Gasteiger partial charge in [-0.3, -0.25) is 0 Å². The molecule has 0 radical (unpaired) electrons. The van der Waals surface area contributed by atoms with Crippen LogP contribution in [0.1, 0.15) is 6.42 Å². The van der Waals surface area contributed by atoms with Gasteiger partial charge in [-0.2, -0.15) is 0 Å². The molecule has 4 heteroatoms. The van der Waals surface area contributed by atoms with Crippen molar-refractivity contribution >= 4 is 12.9 Å². The summed E-state index contributed by atoms with van der Waals surface area (Å²) < 4.78 is 0. The maximum Gasteiger partial charge on any atom is 0.272 e. The number of allylic oxidation sites excluding steroid dienone is 2. The van der Waals surface area contributed by atoms with E-state index in [1.165, 1.54) is 6.21 Å². The second-order valence-corrected chi connectivity index (χ2v) is 2.97. The van der Waals surface area contributed by atoms with E-state index < -0.39 is 0 Å². The Hall–Kier alpha value is -1.24. The highest BCUT2D eigenvalue weighted by molar-refractivity contribution is 6.68. The van der Waals surface area contributed by atoms with Crippen LogP contribution in [0.3, 0.4) is 0 Å². The average Bonchev–Trinajstić information content (AvgIpc) is 2.16. The molecule has 0 atom stereocenters. The summed E-state index contributed by atoms with van der Waals surface area (Å²) in [5.41, 5.74) is 2.10. The van der Waals surface area contributed by atoms with E-state index in [1.54, 1.807) is 0 Å². The molecule has 62 valence electrons. The van der Waals surface area contributed by atoms with Gasteiger partial charge in [0.05, 0.1) is 0 Å². The van der Waals surface area contributed by atoms with Gasteiger partial charge >= 0.3 is 0 Å². The van der Waals surface area contributed by atoms with Crippen LogP contribution < -0.4 is 5.32 Å². The Labute approximate surface area is 73.0 Å². The van der Waals surface area contributed by atoms with Crippen LogP contribution in [0.2, 0.25) is 12.6 Å². The third-order valence-corrected chi connectivity index (χ3v) is 2.26. The highest BCUT2D eigenvalue weighted by Crippen LogP contribution is 2.22. The Kier molecular flexibility index (Phi) is 2.92. The lowest BCUT2D eigenvalue weighted by Gasteiger charge is -2.18. The van der Waals surface area contributed by atoms with E-state index >= 15 is 0 Å². The Morgan fingerprint density at radius 2 is 2.50 bits per heavy atom. The Balaban J connectivity index is 2.77. The molecule has 0 fully saturated rings. The number of nitriles is 1. The van der Waals surface area contributed by atoms with Crippen LogP contribution in [0, 0.1) is 16.6 Å². The lowest BCUT2D eigenvalue weighted by atomic mass is 9.42. The molecule has 0 aromatic heterocycles. The molecular weight excluding hydrogens is 149 g/mol. The molecule has 1 rings (SSSR count). The zero-order valence-electron chi connectivity index (χ0n) is 7.22. The largest absolute Gasteiger partial charge is 0.391 e. The molecule has 0 aliphatic carbocycles. The van der Waals surface area contributed by atoms with E-state index in [1.807, 2.05) is 7.05 Å². The van der Waals surface area contributed by atoms with Crippen LogP contribution in [0.4, 0.5) is 0 Å². The summed E-state index contributed by atoms with van der Waals surface area (Å²) in [5.74, 6) is 2.25. The smallest absolute Gasteiger partial charge is 0.272 e. The van der Waals surface area contributed by atoms with Crippen LogP contribution in [0.15, 0.2) is 11.3 Å². The molecule has 2 N–H and O–H groups in total. The van der Waals surface area contributed by atoms with Crippen LogP contribution in [-0.4, -0.2) is 20.0 Å². The van der Waals surface area contributed by atoms with Gasteiger partial charge in [-0.1, -0.05) is 6.32 Å². The van der Waals surface area contributed by atoms with Gasteiger partial charge < -0.3 is 10.7 Å². The molecule has 0 saturated heterocycles. The van der Waals surface area contributed by atoms with Crippen LogP contribution in [-0.2, 0) is 0 Å². The molecule has 0 aromatic carbocycles. The van der Waals surface area contributed by atoms with Gasteiger partial charge in [-0.25, -0.2) is 5.26 Å². The number of nitrogens with one attached hydrogen (secondary N) is 2. The molecule has 3 nitrogen and oxygen atoms in total. The van der Waals surface area contributed by atoms with E-state index in [2.05, 4.69) is 11.3 Å². The summed E-state index contributed by atoms with van der Waals surface area (Å²) in [6.45, 7) is 0.110. The predicted octanol–water partition coefficient (Wildman–Crippen LogP) is 1.07. The minimum atomic E-state index is 0.110. The van der Waals surface area contributed by atoms with E-state index in [4.69, 9.17) is 10.7 Å². The summed E-state index contributed by atoms with van der Waals surface area (Å²) in [4.78, 5) is 0. The zero-order valence-corrected chi connectivity index (χ0v) is 7.22. The topological polar surface area (TPSA) is 59.7 Å². The molecule has 1 heterocycles. The highest BCUT2D eigenvalue weighted by atomic mass is 14.8. The van der Waals surface area contributed by atoms with Gasteiger partial charge in [0.2, 0.25) is 0 Å². The third kappa shape index (κ3) is 1.67. The summed E-state index contributed by atoms with van der Waals surface area (Å²) in [6, 6.07) is 0. The fourth-order valence-electron chi connectivity index (χ4n) is 1.51. The molecule has 0 unspecified atom stereocenters. The van der Waals surface area contributed by atoms with Gasteiger partial charge in [0, 0.05) is 24.9 Å². The summed E-state index contributed by atoms with van der Waals surface area (Å²) in [5, 5.41) is 18.9. The lowest BCUT2D eigenvalue weighted by molar-refractivity contribution is 0.866. The SMILES string of the molecule is CNC1=C(C=N)CB(C#N)CC1. The van der Waals surface area contributed by atoms with Crippen molar-refractivity contribution in [2.75, 3.05) is 7.05 Å². The van der Waals surface area contributed by atoms with E-state index in [-0.39, 0.29) is 6.71 Å². The summed E-state index contributed by atoms with van der Waals surface area (Å²) >= 11 is 0. The minimum Gasteiger partial charge on any atom is -0.391 e. The minimum absolute atomic E-state index is 0.110. The van der Waals surface area contributed by atoms with Crippen molar-refractivity contribution in [3.8, 4) is 5.97 Å². The van der Waals surface area contributed by atoms with Crippen molar-refractivity contribution in [3.63, 3.8) is 0 Å². The standard InChI is InChI=1S/C8H12BN3/c1-12-8-2-3-9(6-11)4-7(8)5-10/h5,10,12H,2-4H2,1H3. The molecule has 0 aromatic rings. The van der Waals surface area contributed by atoms with E-state index in [0.29, 0.717) is 0 Å². The molecular formula is C8H12BN3. The van der Waals surface area contributed by atoms with Crippen molar-refractivity contribution in [2.45, 2.75) is 19.1 Å². The van der Waals surface area contributed by atoms with Crippen molar-refractivity contribution in [3.05, 3.63) is 11.3 Å². The second kappa shape index (κ2) is 3.96. The van der Waals surface area contributed by atoms with Crippen molar-refractivity contribution in [1.29, 1.82) is 10.7 Å². The lowest BCUT2D eigenvalue weighted by Crippen LogP contribution is -2.22. The van der Waals surface area contributed by atoms with Crippen LogP contribution >= 0.6 is 0 Å². The Morgan fingerprint density at radius 3 is 3.00 bits per heavy atom. The van der Waals surface area contributed by atoms with E-state index in [9.17, 15) is 0 Å². The number of rotatable bonds is 2. The molecule has 0 spiro atoms. The summed E-state index contributed by atoms with van der Waals surface area (Å²) in [7, 11) is 1.87. The first-order chi connectivity index (χ1) is 5.81. The first-order valence-corrected chi connectivity index (χ1v) is 4.11. The van der Waals surface area contributed by atoms with Crippen LogP contribution in [0.5, 0.6) is 0 Å². The monoisotopic (exact) mass is 161 g/mol. The first-order valence-electron chi connectivity index (χ1n) is 4.11. The molecule has 0 saturated carbocycles. The normalized spacial score (nSPS) is 17.2. The Morgan fingerprint density at radius 1 is 1.75 bits per heavy atom. The van der Waals surface area contributed by atoms with Crippen molar-refractivity contribution in [1.82, 2.24) is 5.32 Å². The van der Waals surface area contributed by atoms with Gasteiger partial charge in [-0.15, -0.1) is 0 Å². The van der Waals surface area contributed by atoms with Gasteiger partial charge in [-0.05, 0) is 18.3 Å². The fraction of sp³-hybridized carbons (Fsp3) is 0.500. The van der Waals surface area contributed by atoms with Gasteiger partial charge in [0.1, 0.15) is 0 Å².